The van der Waals surface area contributed by atoms with Crippen LogP contribution in [0.1, 0.15) is 27.4 Å². The van der Waals surface area contributed by atoms with Crippen molar-refractivity contribution in [2.45, 2.75) is 27.1 Å². The maximum Gasteiger partial charge on any atom is 0.272 e. The summed E-state index contributed by atoms with van der Waals surface area (Å²) in [5.41, 5.74) is 4.13. The zero-order chi connectivity index (χ0) is 22.7. The van der Waals surface area contributed by atoms with E-state index in [2.05, 4.69) is 31.4 Å². The molecule has 0 fully saturated rings. The number of nitrogens with one attached hydrogen (secondary N) is 1. The summed E-state index contributed by atoms with van der Waals surface area (Å²) in [5.74, 6) is 0.273. The Morgan fingerprint density at radius 2 is 1.91 bits per heavy atom. The second kappa shape index (κ2) is 9.58. The van der Waals surface area contributed by atoms with Crippen molar-refractivity contribution in [2.75, 3.05) is 0 Å². The number of aromatic nitrogens is 4. The van der Waals surface area contributed by atoms with E-state index < -0.39 is 0 Å². The molecule has 1 N–H and O–H groups in total. The van der Waals surface area contributed by atoms with E-state index in [1.54, 1.807) is 24.4 Å². The van der Waals surface area contributed by atoms with Crippen molar-refractivity contribution in [1.82, 2.24) is 24.9 Å². The first-order chi connectivity index (χ1) is 15.4. The number of aryl methyl sites for hydroxylation is 1. The van der Waals surface area contributed by atoms with Crippen molar-refractivity contribution in [3.05, 3.63) is 92.9 Å². The largest absolute Gasteiger partial charge is 0.470 e. The monoisotopic (exact) mass is 513 g/mol. The number of benzene rings is 2. The number of hydrogen-bond acceptors (Lipinski definition) is 4. The summed E-state index contributed by atoms with van der Waals surface area (Å²) < 4.78 is 9.97. The van der Waals surface area contributed by atoms with E-state index >= 15 is 0 Å². The molecule has 0 bridgehead atoms. The van der Waals surface area contributed by atoms with E-state index in [1.165, 1.54) is 4.68 Å². The van der Waals surface area contributed by atoms with Crippen LogP contribution in [0.4, 0.5) is 0 Å². The van der Waals surface area contributed by atoms with Gasteiger partial charge < -0.3 is 10.1 Å². The number of amides is 1. The van der Waals surface area contributed by atoms with Crippen LogP contribution in [0, 0.1) is 13.8 Å². The highest BCUT2D eigenvalue weighted by Crippen LogP contribution is 2.27. The summed E-state index contributed by atoms with van der Waals surface area (Å²) in [6.45, 7) is 4.43. The van der Waals surface area contributed by atoms with Gasteiger partial charge in [0.05, 0.1) is 16.4 Å². The SMILES string of the molecule is Cc1nn(-c2ccccc2)c(C)c1CNC(=O)c1ccn(COc2ccc(Br)cc2Cl)n1. The molecule has 4 aromatic rings. The Bertz CT molecular complexity index is 1250. The number of halogens is 2. The van der Waals surface area contributed by atoms with E-state index in [4.69, 9.17) is 16.3 Å². The summed E-state index contributed by atoms with van der Waals surface area (Å²) in [4.78, 5) is 12.6. The fourth-order valence-electron chi connectivity index (χ4n) is 3.29. The fraction of sp³-hybridized carbons (Fsp3) is 0.174. The summed E-state index contributed by atoms with van der Waals surface area (Å²) >= 11 is 9.52. The topological polar surface area (TPSA) is 74.0 Å². The summed E-state index contributed by atoms with van der Waals surface area (Å²) in [6, 6.07) is 16.9. The average Bonchev–Trinajstić information content (AvgIpc) is 3.37. The zero-order valence-electron chi connectivity index (χ0n) is 17.5. The van der Waals surface area contributed by atoms with E-state index in [0.717, 1.165) is 27.1 Å². The van der Waals surface area contributed by atoms with Gasteiger partial charge >= 0.3 is 0 Å². The van der Waals surface area contributed by atoms with Crippen LogP contribution in [-0.2, 0) is 13.3 Å². The van der Waals surface area contributed by atoms with Crippen LogP contribution in [0.2, 0.25) is 5.02 Å². The van der Waals surface area contributed by atoms with Gasteiger partial charge in [-0.1, -0.05) is 45.7 Å². The standard InChI is InChI=1S/C23H21BrClN5O2/c1-15-19(16(2)30(27-15)18-6-4-3-5-7-18)13-26-23(31)21-10-11-29(28-21)14-32-22-9-8-17(24)12-20(22)25/h3-12H,13-14H2,1-2H3,(H,26,31). The summed E-state index contributed by atoms with van der Waals surface area (Å²) in [5, 5.41) is 12.3. The minimum atomic E-state index is -0.267. The highest BCUT2D eigenvalue weighted by atomic mass is 79.9. The van der Waals surface area contributed by atoms with Gasteiger partial charge in [0, 0.05) is 28.5 Å². The predicted octanol–water partition coefficient (Wildman–Crippen LogP) is 5.07. The van der Waals surface area contributed by atoms with Crippen LogP contribution in [-0.4, -0.2) is 25.5 Å². The van der Waals surface area contributed by atoms with E-state index in [9.17, 15) is 4.79 Å². The maximum atomic E-state index is 12.6. The molecular weight excluding hydrogens is 494 g/mol. The molecule has 32 heavy (non-hydrogen) atoms. The Hall–Kier alpha value is -3.10. The van der Waals surface area contributed by atoms with Crippen LogP contribution in [0.25, 0.3) is 5.69 Å². The van der Waals surface area contributed by atoms with Crippen LogP contribution in [0.3, 0.4) is 0 Å². The fourth-order valence-corrected chi connectivity index (χ4v) is 4.02. The lowest BCUT2D eigenvalue weighted by molar-refractivity contribution is 0.0943. The zero-order valence-corrected chi connectivity index (χ0v) is 19.9. The van der Waals surface area contributed by atoms with Crippen molar-refractivity contribution in [3.63, 3.8) is 0 Å². The molecule has 1 amide bonds. The van der Waals surface area contributed by atoms with Gasteiger partial charge in [-0.2, -0.15) is 10.2 Å². The van der Waals surface area contributed by atoms with Gasteiger partial charge in [0.15, 0.2) is 6.73 Å². The Kier molecular flexibility index (Phi) is 6.62. The normalized spacial score (nSPS) is 10.9. The first-order valence-corrected chi connectivity index (χ1v) is 11.1. The molecule has 0 spiro atoms. The van der Waals surface area contributed by atoms with Crippen LogP contribution in [0.15, 0.2) is 65.3 Å². The highest BCUT2D eigenvalue weighted by molar-refractivity contribution is 9.10. The molecule has 4 rings (SSSR count). The molecule has 0 unspecified atom stereocenters. The third kappa shape index (κ3) is 4.87. The van der Waals surface area contributed by atoms with Gasteiger partial charge in [0.25, 0.3) is 5.91 Å². The molecule has 0 radical (unpaired) electrons. The Morgan fingerprint density at radius 1 is 1.12 bits per heavy atom. The van der Waals surface area contributed by atoms with E-state index in [-0.39, 0.29) is 12.6 Å². The lowest BCUT2D eigenvalue weighted by Gasteiger charge is -2.08. The number of carbonyl (C=O) groups is 1. The second-order valence-electron chi connectivity index (χ2n) is 7.17. The van der Waals surface area contributed by atoms with Crippen molar-refractivity contribution < 1.29 is 9.53 Å². The minimum absolute atomic E-state index is 0.136. The van der Waals surface area contributed by atoms with E-state index in [1.807, 2.05) is 54.9 Å². The van der Waals surface area contributed by atoms with Crippen molar-refractivity contribution in [3.8, 4) is 11.4 Å². The van der Waals surface area contributed by atoms with Gasteiger partial charge in [-0.3, -0.25) is 4.79 Å². The molecule has 2 aromatic carbocycles. The van der Waals surface area contributed by atoms with Crippen molar-refractivity contribution in [1.29, 1.82) is 0 Å². The Morgan fingerprint density at radius 3 is 2.66 bits per heavy atom. The minimum Gasteiger partial charge on any atom is -0.470 e. The van der Waals surface area contributed by atoms with Crippen molar-refractivity contribution in [2.24, 2.45) is 0 Å². The highest BCUT2D eigenvalue weighted by Gasteiger charge is 2.15. The molecule has 0 saturated carbocycles. The molecule has 7 nitrogen and oxygen atoms in total. The van der Waals surface area contributed by atoms with Gasteiger partial charge in [0.1, 0.15) is 11.4 Å². The number of carbonyl (C=O) groups excluding carboxylic acids is 1. The smallest absolute Gasteiger partial charge is 0.272 e. The van der Waals surface area contributed by atoms with Gasteiger partial charge in [-0.25, -0.2) is 9.36 Å². The second-order valence-corrected chi connectivity index (χ2v) is 8.49. The third-order valence-corrected chi connectivity index (χ3v) is 5.78. The molecule has 0 aliphatic rings. The molecule has 2 heterocycles. The molecule has 9 heteroatoms. The van der Waals surface area contributed by atoms with Crippen LogP contribution in [0.5, 0.6) is 5.75 Å². The number of nitrogens with zero attached hydrogens (tertiary/aromatic N) is 4. The lowest BCUT2D eigenvalue weighted by Crippen LogP contribution is -2.24. The number of para-hydroxylation sites is 1. The third-order valence-electron chi connectivity index (χ3n) is 4.99. The van der Waals surface area contributed by atoms with Gasteiger partial charge in [0.2, 0.25) is 0 Å². The molecule has 0 aliphatic carbocycles. The van der Waals surface area contributed by atoms with Crippen LogP contribution < -0.4 is 10.1 Å². The first kappa shape index (κ1) is 22.1. The molecule has 2 aromatic heterocycles. The number of rotatable bonds is 7. The lowest BCUT2D eigenvalue weighted by atomic mass is 10.2. The molecule has 0 saturated heterocycles. The summed E-state index contributed by atoms with van der Waals surface area (Å²) in [6.07, 6.45) is 1.69. The quantitative estimate of drug-likeness (QED) is 0.374. The molecule has 0 atom stereocenters. The summed E-state index contributed by atoms with van der Waals surface area (Å²) in [7, 11) is 0. The van der Waals surface area contributed by atoms with Crippen molar-refractivity contribution >= 4 is 33.4 Å². The van der Waals surface area contributed by atoms with Crippen LogP contribution >= 0.6 is 27.5 Å². The maximum absolute atomic E-state index is 12.6. The predicted molar refractivity (Wildman–Crippen MR) is 126 cm³/mol. The molecular formula is C23H21BrClN5O2. The average molecular weight is 515 g/mol. The Balaban J connectivity index is 1.38. The molecule has 0 aliphatic heterocycles. The Labute approximate surface area is 199 Å². The van der Waals surface area contributed by atoms with Gasteiger partial charge in [-0.15, -0.1) is 0 Å². The first-order valence-electron chi connectivity index (χ1n) is 9.92. The van der Waals surface area contributed by atoms with Gasteiger partial charge in [-0.05, 0) is 50.2 Å². The van der Waals surface area contributed by atoms with E-state index in [0.29, 0.717) is 23.0 Å². The molecule has 164 valence electrons. The number of ether oxygens (including phenoxy) is 1. The number of hydrogen-bond donors (Lipinski definition) is 1.